The first-order valence-corrected chi connectivity index (χ1v) is 6.09. The topological polar surface area (TPSA) is 55.1 Å². The van der Waals surface area contributed by atoms with Crippen molar-refractivity contribution in [2.75, 3.05) is 0 Å². The summed E-state index contributed by atoms with van der Waals surface area (Å²) in [6.45, 7) is 1.92. The number of carbonyl (C=O) groups is 1. The summed E-state index contributed by atoms with van der Waals surface area (Å²) in [5.74, 6) is -0.960. The van der Waals surface area contributed by atoms with E-state index in [0.717, 1.165) is 27.5 Å². The zero-order chi connectivity index (χ0) is 13.1. The molecular formula is C13H11BrN2O2. The summed E-state index contributed by atoms with van der Waals surface area (Å²) in [4.78, 5) is 10.4. The van der Waals surface area contributed by atoms with Crippen LogP contribution in [0.5, 0.6) is 0 Å². The zero-order valence-corrected chi connectivity index (χ0v) is 11.3. The second-order valence-electron chi connectivity index (χ2n) is 3.78. The van der Waals surface area contributed by atoms with E-state index >= 15 is 0 Å². The van der Waals surface area contributed by atoms with Gasteiger partial charge in [-0.05, 0) is 52.7 Å². The Morgan fingerprint density at radius 1 is 1.44 bits per heavy atom. The lowest BCUT2D eigenvalue weighted by molar-refractivity contribution is -0.131. The third kappa shape index (κ3) is 2.87. The molecule has 0 aliphatic heterocycles. The first-order valence-electron chi connectivity index (χ1n) is 5.29. The molecule has 1 heterocycles. The van der Waals surface area contributed by atoms with Gasteiger partial charge in [0.2, 0.25) is 0 Å². The van der Waals surface area contributed by atoms with Gasteiger partial charge in [0.15, 0.2) is 0 Å². The quantitative estimate of drug-likeness (QED) is 0.887. The number of nitrogens with zero attached hydrogens (tertiary/aromatic N) is 2. The van der Waals surface area contributed by atoms with Crippen LogP contribution in [0.25, 0.3) is 11.8 Å². The lowest BCUT2D eigenvalue weighted by Gasteiger charge is -2.05. The first-order chi connectivity index (χ1) is 8.56. The van der Waals surface area contributed by atoms with Crippen molar-refractivity contribution in [2.45, 2.75) is 6.92 Å². The Hall–Kier alpha value is -1.88. The Morgan fingerprint density at radius 2 is 2.22 bits per heavy atom. The van der Waals surface area contributed by atoms with Gasteiger partial charge < -0.3 is 5.11 Å². The maximum absolute atomic E-state index is 10.4. The molecule has 0 bridgehead atoms. The molecule has 0 aliphatic carbocycles. The highest BCUT2D eigenvalue weighted by Gasteiger charge is 2.04. The molecule has 4 nitrogen and oxygen atoms in total. The van der Waals surface area contributed by atoms with E-state index < -0.39 is 5.97 Å². The van der Waals surface area contributed by atoms with E-state index in [2.05, 4.69) is 21.0 Å². The van der Waals surface area contributed by atoms with Crippen molar-refractivity contribution in [3.63, 3.8) is 0 Å². The van der Waals surface area contributed by atoms with E-state index in [0.29, 0.717) is 0 Å². The molecule has 5 heteroatoms. The molecule has 0 saturated carbocycles. The highest BCUT2D eigenvalue weighted by molar-refractivity contribution is 9.10. The van der Waals surface area contributed by atoms with Crippen LogP contribution in [0, 0.1) is 6.92 Å². The summed E-state index contributed by atoms with van der Waals surface area (Å²) in [7, 11) is 0. The molecule has 0 atom stereocenters. The number of aliphatic carboxylic acids is 1. The number of carboxylic acid groups (broad SMARTS) is 1. The minimum absolute atomic E-state index is 0.817. The normalized spacial score (nSPS) is 11.0. The van der Waals surface area contributed by atoms with Crippen LogP contribution >= 0.6 is 15.9 Å². The first kappa shape index (κ1) is 12.6. The van der Waals surface area contributed by atoms with E-state index in [1.807, 2.05) is 37.4 Å². The number of halogens is 1. The summed E-state index contributed by atoms with van der Waals surface area (Å²) in [6, 6.07) is 7.51. The molecule has 92 valence electrons. The average Bonchev–Trinajstić information content (AvgIpc) is 2.73. The molecule has 1 aromatic heterocycles. The van der Waals surface area contributed by atoms with Crippen molar-refractivity contribution in [1.82, 2.24) is 9.78 Å². The lowest BCUT2D eigenvalue weighted by Crippen LogP contribution is -1.96. The molecule has 2 aromatic rings. The largest absolute Gasteiger partial charge is 0.478 e. The number of hydrogen-bond acceptors (Lipinski definition) is 2. The molecule has 0 saturated heterocycles. The Bertz CT molecular complexity index is 617. The number of rotatable bonds is 3. The van der Waals surface area contributed by atoms with Gasteiger partial charge >= 0.3 is 5.97 Å². The molecule has 0 unspecified atom stereocenters. The minimum Gasteiger partial charge on any atom is -0.478 e. The summed E-state index contributed by atoms with van der Waals surface area (Å²) in [5.41, 5.74) is 2.67. The third-order valence-electron chi connectivity index (χ3n) is 2.36. The number of hydrogen-bond donors (Lipinski definition) is 1. The molecule has 1 N–H and O–H groups in total. The Labute approximate surface area is 113 Å². The fraction of sp³-hybridized carbons (Fsp3) is 0.0769. The van der Waals surface area contributed by atoms with Crippen LogP contribution in [0.2, 0.25) is 0 Å². The van der Waals surface area contributed by atoms with Gasteiger partial charge in [-0.1, -0.05) is 6.07 Å². The number of aromatic nitrogens is 2. The van der Waals surface area contributed by atoms with Crippen LogP contribution in [0.4, 0.5) is 0 Å². The van der Waals surface area contributed by atoms with Crippen molar-refractivity contribution in [2.24, 2.45) is 0 Å². The van der Waals surface area contributed by atoms with Gasteiger partial charge in [0, 0.05) is 16.7 Å². The molecular weight excluding hydrogens is 296 g/mol. The SMILES string of the molecule is Cc1ccn(-c2ccc(/C=C/C(=O)O)cc2Br)n1. The fourth-order valence-electron chi connectivity index (χ4n) is 1.53. The fourth-order valence-corrected chi connectivity index (χ4v) is 2.11. The molecule has 18 heavy (non-hydrogen) atoms. The van der Waals surface area contributed by atoms with Gasteiger partial charge in [-0.3, -0.25) is 0 Å². The smallest absolute Gasteiger partial charge is 0.328 e. The number of carboxylic acids is 1. The predicted molar refractivity (Wildman–Crippen MR) is 72.7 cm³/mol. The molecule has 0 aliphatic rings. The third-order valence-corrected chi connectivity index (χ3v) is 2.99. The summed E-state index contributed by atoms with van der Waals surface area (Å²) in [6.07, 6.45) is 4.53. The molecule has 0 radical (unpaired) electrons. The van der Waals surface area contributed by atoms with Gasteiger partial charge in [-0.15, -0.1) is 0 Å². The van der Waals surface area contributed by atoms with Crippen molar-refractivity contribution >= 4 is 28.0 Å². The summed E-state index contributed by atoms with van der Waals surface area (Å²) in [5, 5.41) is 12.9. The molecule has 0 spiro atoms. The standard InChI is InChI=1S/C13H11BrN2O2/c1-9-6-7-16(15-9)12-4-2-10(8-11(12)14)3-5-13(17)18/h2-8H,1H3,(H,17,18)/b5-3+. The van der Waals surface area contributed by atoms with E-state index in [1.54, 1.807) is 10.8 Å². The second-order valence-corrected chi connectivity index (χ2v) is 4.64. The van der Waals surface area contributed by atoms with Crippen molar-refractivity contribution in [3.8, 4) is 5.69 Å². The van der Waals surface area contributed by atoms with Crippen LogP contribution in [0.3, 0.4) is 0 Å². The van der Waals surface area contributed by atoms with Gasteiger partial charge in [0.1, 0.15) is 0 Å². The van der Waals surface area contributed by atoms with Gasteiger partial charge in [0.25, 0.3) is 0 Å². The molecule has 0 fully saturated rings. The van der Waals surface area contributed by atoms with Crippen LogP contribution in [-0.2, 0) is 4.79 Å². The van der Waals surface area contributed by atoms with E-state index in [-0.39, 0.29) is 0 Å². The van der Waals surface area contributed by atoms with Crippen molar-refractivity contribution in [1.29, 1.82) is 0 Å². The van der Waals surface area contributed by atoms with Crippen molar-refractivity contribution in [3.05, 3.63) is 52.3 Å². The maximum atomic E-state index is 10.4. The van der Waals surface area contributed by atoms with E-state index in [4.69, 9.17) is 5.11 Å². The lowest BCUT2D eigenvalue weighted by atomic mass is 10.2. The van der Waals surface area contributed by atoms with Gasteiger partial charge in [-0.2, -0.15) is 5.10 Å². The highest BCUT2D eigenvalue weighted by atomic mass is 79.9. The highest BCUT2D eigenvalue weighted by Crippen LogP contribution is 2.22. The van der Waals surface area contributed by atoms with Crippen LogP contribution in [0.1, 0.15) is 11.3 Å². The van der Waals surface area contributed by atoms with Crippen LogP contribution in [0.15, 0.2) is 41.0 Å². The zero-order valence-electron chi connectivity index (χ0n) is 9.67. The van der Waals surface area contributed by atoms with E-state index in [9.17, 15) is 4.79 Å². The number of aryl methyl sites for hydroxylation is 1. The minimum atomic E-state index is -0.960. The number of benzene rings is 1. The van der Waals surface area contributed by atoms with E-state index in [1.165, 1.54) is 0 Å². The van der Waals surface area contributed by atoms with Crippen LogP contribution in [-0.4, -0.2) is 20.9 Å². The van der Waals surface area contributed by atoms with Crippen molar-refractivity contribution < 1.29 is 9.90 Å². The average molecular weight is 307 g/mol. The second kappa shape index (κ2) is 5.18. The molecule has 0 amide bonds. The summed E-state index contributed by atoms with van der Waals surface area (Å²) >= 11 is 3.46. The van der Waals surface area contributed by atoms with Crippen LogP contribution < -0.4 is 0 Å². The van der Waals surface area contributed by atoms with Gasteiger partial charge in [-0.25, -0.2) is 9.48 Å². The molecule has 1 aromatic carbocycles. The monoisotopic (exact) mass is 306 g/mol. The predicted octanol–water partition coefficient (Wildman–Crippen LogP) is 3.04. The Balaban J connectivity index is 2.33. The Kier molecular flexibility index (Phi) is 3.62. The van der Waals surface area contributed by atoms with Gasteiger partial charge in [0.05, 0.1) is 11.4 Å². The Morgan fingerprint density at radius 3 is 2.78 bits per heavy atom. The maximum Gasteiger partial charge on any atom is 0.328 e. The molecule has 2 rings (SSSR count). The summed E-state index contributed by atoms with van der Waals surface area (Å²) < 4.78 is 2.63.